The Balaban J connectivity index is 2.11. The lowest BCUT2D eigenvalue weighted by molar-refractivity contribution is -0.139. The molecule has 9 heteroatoms. The molecule has 0 radical (unpaired) electrons. The van der Waals surface area contributed by atoms with Crippen molar-refractivity contribution in [3.63, 3.8) is 0 Å². The monoisotopic (exact) mass is 388 g/mol. The summed E-state index contributed by atoms with van der Waals surface area (Å²) in [5.41, 5.74) is -2.74. The first-order chi connectivity index (χ1) is 12.0. The van der Waals surface area contributed by atoms with Gasteiger partial charge in [0, 0.05) is 0 Å². The second-order valence-corrected chi connectivity index (χ2v) is 6.44. The zero-order valence-electron chi connectivity index (χ0n) is 13.9. The SMILES string of the molecule is CC(C)(C(=O)NCc1ccco1)C(=O)Nc1cc(C(F)(F)F)ccc1Cl. The number of amides is 2. The van der Waals surface area contributed by atoms with Gasteiger partial charge in [-0.25, -0.2) is 0 Å². The fourth-order valence-electron chi connectivity index (χ4n) is 1.98. The van der Waals surface area contributed by atoms with Gasteiger partial charge in [-0.1, -0.05) is 11.6 Å². The number of hydrogen-bond acceptors (Lipinski definition) is 3. The van der Waals surface area contributed by atoms with Crippen molar-refractivity contribution in [2.75, 3.05) is 5.32 Å². The molecule has 0 aliphatic heterocycles. The Morgan fingerprint density at radius 2 is 1.85 bits per heavy atom. The van der Waals surface area contributed by atoms with Gasteiger partial charge in [0.2, 0.25) is 11.8 Å². The molecule has 0 fully saturated rings. The molecule has 1 aromatic heterocycles. The Morgan fingerprint density at radius 3 is 2.42 bits per heavy atom. The van der Waals surface area contributed by atoms with E-state index in [1.54, 1.807) is 12.1 Å². The van der Waals surface area contributed by atoms with Crippen LogP contribution in [0.2, 0.25) is 5.02 Å². The highest BCUT2D eigenvalue weighted by Gasteiger charge is 2.37. The summed E-state index contributed by atoms with van der Waals surface area (Å²) in [5, 5.41) is 4.75. The van der Waals surface area contributed by atoms with E-state index in [-0.39, 0.29) is 17.3 Å². The summed E-state index contributed by atoms with van der Waals surface area (Å²) in [5.74, 6) is -0.916. The number of nitrogens with one attached hydrogen (secondary N) is 2. The van der Waals surface area contributed by atoms with Gasteiger partial charge in [0.1, 0.15) is 11.2 Å². The van der Waals surface area contributed by atoms with E-state index in [1.807, 2.05) is 0 Å². The summed E-state index contributed by atoms with van der Waals surface area (Å²) < 4.78 is 43.5. The Kier molecular flexibility index (Phi) is 5.65. The second kappa shape index (κ2) is 7.41. The van der Waals surface area contributed by atoms with E-state index in [1.165, 1.54) is 20.1 Å². The van der Waals surface area contributed by atoms with Crippen molar-refractivity contribution in [3.05, 3.63) is 52.9 Å². The lowest BCUT2D eigenvalue weighted by Crippen LogP contribution is -2.44. The van der Waals surface area contributed by atoms with Crippen molar-refractivity contribution in [1.29, 1.82) is 0 Å². The zero-order chi connectivity index (χ0) is 19.5. The fraction of sp³-hybridized carbons (Fsp3) is 0.294. The van der Waals surface area contributed by atoms with Gasteiger partial charge in [-0.3, -0.25) is 9.59 Å². The van der Waals surface area contributed by atoms with Crippen LogP contribution in [-0.2, 0) is 22.3 Å². The van der Waals surface area contributed by atoms with Crippen molar-refractivity contribution in [3.8, 4) is 0 Å². The van der Waals surface area contributed by atoms with Crippen LogP contribution in [0, 0.1) is 5.41 Å². The standard InChI is InChI=1S/C17H16ClF3N2O3/c1-16(2,14(24)22-9-11-4-3-7-26-11)15(25)23-13-8-10(17(19,20)21)5-6-12(13)18/h3-8H,9H2,1-2H3,(H,22,24)(H,23,25). The molecule has 0 atom stereocenters. The number of carbonyl (C=O) groups excluding carboxylic acids is 2. The van der Waals surface area contributed by atoms with Crippen molar-refractivity contribution in [2.24, 2.45) is 5.41 Å². The largest absolute Gasteiger partial charge is 0.467 e. The Morgan fingerprint density at radius 1 is 1.15 bits per heavy atom. The number of rotatable bonds is 5. The van der Waals surface area contributed by atoms with Gasteiger partial charge in [-0.05, 0) is 44.2 Å². The lowest BCUT2D eigenvalue weighted by atomic mass is 9.91. The average Bonchev–Trinajstić information content (AvgIpc) is 3.06. The van der Waals surface area contributed by atoms with Crippen LogP contribution in [0.3, 0.4) is 0 Å². The first-order valence-corrected chi connectivity index (χ1v) is 7.88. The molecule has 0 unspecified atom stereocenters. The molecular formula is C17H16ClF3N2O3. The molecule has 0 saturated heterocycles. The van der Waals surface area contributed by atoms with Crippen LogP contribution in [0.5, 0.6) is 0 Å². The normalized spacial score (nSPS) is 11.9. The van der Waals surface area contributed by atoms with Crippen molar-refractivity contribution >= 4 is 29.1 Å². The van der Waals surface area contributed by atoms with Crippen molar-refractivity contribution in [2.45, 2.75) is 26.6 Å². The van der Waals surface area contributed by atoms with Crippen LogP contribution in [0.4, 0.5) is 18.9 Å². The van der Waals surface area contributed by atoms with Crippen LogP contribution < -0.4 is 10.6 Å². The minimum absolute atomic E-state index is 0.0712. The molecule has 0 spiro atoms. The minimum atomic E-state index is -4.58. The number of benzene rings is 1. The maximum atomic E-state index is 12.8. The van der Waals surface area contributed by atoms with Gasteiger partial charge >= 0.3 is 6.18 Å². The number of hydrogen-bond donors (Lipinski definition) is 2. The number of halogens is 4. The lowest BCUT2D eigenvalue weighted by Gasteiger charge is -2.23. The zero-order valence-corrected chi connectivity index (χ0v) is 14.7. The molecule has 1 aromatic carbocycles. The van der Waals surface area contributed by atoms with Gasteiger partial charge < -0.3 is 15.1 Å². The molecule has 0 aliphatic carbocycles. The third kappa shape index (κ3) is 4.57. The van der Waals surface area contributed by atoms with Gasteiger partial charge in [0.05, 0.1) is 29.1 Å². The first kappa shape index (κ1) is 19.8. The quantitative estimate of drug-likeness (QED) is 0.753. The molecular weight excluding hydrogens is 373 g/mol. The molecule has 2 N–H and O–H groups in total. The molecule has 140 valence electrons. The fourth-order valence-corrected chi connectivity index (χ4v) is 2.15. The Labute approximate surface area is 152 Å². The molecule has 26 heavy (non-hydrogen) atoms. The van der Waals surface area contributed by atoms with E-state index in [0.717, 1.165) is 18.2 Å². The van der Waals surface area contributed by atoms with Gasteiger partial charge in [0.15, 0.2) is 0 Å². The average molecular weight is 389 g/mol. The summed E-state index contributed by atoms with van der Waals surface area (Å²) in [7, 11) is 0. The number of alkyl halides is 3. The van der Waals surface area contributed by atoms with Gasteiger partial charge in [-0.15, -0.1) is 0 Å². The van der Waals surface area contributed by atoms with Crippen LogP contribution >= 0.6 is 11.6 Å². The highest BCUT2D eigenvalue weighted by molar-refractivity contribution is 6.34. The highest BCUT2D eigenvalue weighted by Crippen LogP contribution is 2.34. The predicted octanol–water partition coefficient (Wildman–Crippen LogP) is 4.23. The molecule has 2 amide bonds. The number of furan rings is 1. The van der Waals surface area contributed by atoms with E-state index in [4.69, 9.17) is 16.0 Å². The summed E-state index contributed by atoms with van der Waals surface area (Å²) in [4.78, 5) is 24.7. The van der Waals surface area contributed by atoms with E-state index < -0.39 is 29.0 Å². The van der Waals surface area contributed by atoms with Crippen LogP contribution in [0.15, 0.2) is 41.0 Å². The Hall–Kier alpha value is -2.48. The summed E-state index contributed by atoms with van der Waals surface area (Å²) in [6.45, 7) is 2.77. The number of carbonyl (C=O) groups is 2. The van der Waals surface area contributed by atoms with Gasteiger partial charge in [-0.2, -0.15) is 13.2 Å². The third-order valence-corrected chi connectivity index (χ3v) is 4.01. The Bertz CT molecular complexity index is 802. The highest BCUT2D eigenvalue weighted by atomic mass is 35.5. The van der Waals surface area contributed by atoms with Crippen LogP contribution in [-0.4, -0.2) is 11.8 Å². The maximum Gasteiger partial charge on any atom is 0.416 e. The maximum absolute atomic E-state index is 12.8. The van der Waals surface area contributed by atoms with Gasteiger partial charge in [0.25, 0.3) is 0 Å². The van der Waals surface area contributed by atoms with Crippen LogP contribution in [0.25, 0.3) is 0 Å². The summed E-state index contributed by atoms with van der Waals surface area (Å²) >= 11 is 5.85. The third-order valence-electron chi connectivity index (χ3n) is 3.68. The molecule has 2 rings (SSSR count). The topological polar surface area (TPSA) is 71.3 Å². The smallest absolute Gasteiger partial charge is 0.416 e. The first-order valence-electron chi connectivity index (χ1n) is 7.50. The number of anilines is 1. The molecule has 0 saturated carbocycles. The van der Waals surface area contributed by atoms with E-state index in [2.05, 4.69) is 10.6 Å². The van der Waals surface area contributed by atoms with E-state index in [9.17, 15) is 22.8 Å². The van der Waals surface area contributed by atoms with Crippen LogP contribution in [0.1, 0.15) is 25.2 Å². The molecule has 1 heterocycles. The molecule has 0 aliphatic rings. The second-order valence-electron chi connectivity index (χ2n) is 6.03. The summed E-state index contributed by atoms with van der Waals surface area (Å²) in [6.07, 6.45) is -3.14. The van der Waals surface area contributed by atoms with E-state index >= 15 is 0 Å². The van der Waals surface area contributed by atoms with E-state index in [0.29, 0.717) is 5.76 Å². The molecule has 5 nitrogen and oxygen atoms in total. The minimum Gasteiger partial charge on any atom is -0.467 e. The van der Waals surface area contributed by atoms with Crippen molar-refractivity contribution in [1.82, 2.24) is 5.32 Å². The summed E-state index contributed by atoms with van der Waals surface area (Å²) in [6, 6.07) is 5.85. The van der Waals surface area contributed by atoms with Crippen molar-refractivity contribution < 1.29 is 27.2 Å². The predicted molar refractivity (Wildman–Crippen MR) is 89.4 cm³/mol. The molecule has 2 aromatic rings. The molecule has 0 bridgehead atoms.